The normalized spacial score (nSPS) is 18.6. The molecule has 7 heteroatoms. The van der Waals surface area contributed by atoms with Gasteiger partial charge in [-0.25, -0.2) is 0 Å². The number of aromatic nitrogens is 2. The van der Waals surface area contributed by atoms with Crippen molar-refractivity contribution < 1.29 is 14.1 Å². The highest BCUT2D eigenvalue weighted by Crippen LogP contribution is 2.36. The van der Waals surface area contributed by atoms with Crippen LogP contribution in [0.3, 0.4) is 0 Å². The molecule has 2 aliphatic rings. The number of rotatable bonds is 5. The molecule has 1 saturated heterocycles. The zero-order chi connectivity index (χ0) is 22.2. The summed E-state index contributed by atoms with van der Waals surface area (Å²) in [7, 11) is 0. The molecule has 5 rings (SSSR count). The van der Waals surface area contributed by atoms with Gasteiger partial charge in [-0.2, -0.15) is 4.98 Å². The van der Waals surface area contributed by atoms with Crippen molar-refractivity contribution in [3.05, 3.63) is 59.5 Å². The van der Waals surface area contributed by atoms with E-state index in [9.17, 15) is 9.59 Å². The van der Waals surface area contributed by atoms with Crippen LogP contribution in [0.5, 0.6) is 0 Å². The van der Waals surface area contributed by atoms with Crippen molar-refractivity contribution in [2.75, 3.05) is 16.8 Å². The molecule has 164 valence electrons. The molecule has 1 aromatic heterocycles. The molecule has 0 bridgehead atoms. The first kappa shape index (κ1) is 20.4. The highest BCUT2D eigenvalue weighted by atomic mass is 16.5. The molecule has 1 aliphatic carbocycles. The first-order valence-corrected chi connectivity index (χ1v) is 11.1. The lowest BCUT2D eigenvalue weighted by atomic mass is 9.85. The van der Waals surface area contributed by atoms with Gasteiger partial charge in [-0.15, -0.1) is 0 Å². The largest absolute Gasteiger partial charge is 0.339 e. The molecule has 2 aromatic carbocycles. The maximum Gasteiger partial charge on any atom is 0.230 e. The molecule has 1 N–H and O–H groups in total. The molecule has 2 fully saturated rings. The van der Waals surface area contributed by atoms with Crippen molar-refractivity contribution in [2.24, 2.45) is 5.92 Å². The second-order valence-electron chi connectivity index (χ2n) is 8.83. The third kappa shape index (κ3) is 3.90. The number of anilines is 2. The molecule has 1 saturated carbocycles. The summed E-state index contributed by atoms with van der Waals surface area (Å²) in [4.78, 5) is 31.7. The molecule has 32 heavy (non-hydrogen) atoms. The molecule has 3 aromatic rings. The van der Waals surface area contributed by atoms with Gasteiger partial charge in [0.05, 0.1) is 5.92 Å². The van der Waals surface area contributed by atoms with E-state index in [4.69, 9.17) is 4.52 Å². The Morgan fingerprint density at radius 1 is 1.12 bits per heavy atom. The van der Waals surface area contributed by atoms with Crippen LogP contribution in [0, 0.1) is 19.8 Å². The Balaban J connectivity index is 1.27. The van der Waals surface area contributed by atoms with Crippen LogP contribution < -0.4 is 10.2 Å². The van der Waals surface area contributed by atoms with E-state index in [2.05, 4.69) is 15.5 Å². The van der Waals surface area contributed by atoms with E-state index < -0.39 is 5.92 Å². The average Bonchev–Trinajstić information content (AvgIpc) is 3.36. The lowest BCUT2D eigenvalue weighted by Crippen LogP contribution is -2.28. The van der Waals surface area contributed by atoms with Crippen LogP contribution in [0.25, 0.3) is 11.4 Å². The molecular formula is C25H26N4O3. The second-order valence-corrected chi connectivity index (χ2v) is 8.83. The third-order valence-electron chi connectivity index (χ3n) is 6.58. The first-order chi connectivity index (χ1) is 15.5. The molecule has 0 unspecified atom stereocenters. The maximum absolute atomic E-state index is 12.9. The number of nitrogens with one attached hydrogen (secondary N) is 1. The number of hydrogen-bond acceptors (Lipinski definition) is 5. The number of nitrogens with zero attached hydrogens (tertiary/aromatic N) is 3. The first-order valence-electron chi connectivity index (χ1n) is 11.1. The van der Waals surface area contributed by atoms with E-state index in [1.165, 1.54) is 12.0 Å². The number of amides is 2. The minimum Gasteiger partial charge on any atom is -0.339 e. The smallest absolute Gasteiger partial charge is 0.230 e. The van der Waals surface area contributed by atoms with E-state index in [1.54, 1.807) is 4.90 Å². The van der Waals surface area contributed by atoms with Gasteiger partial charge in [-0.1, -0.05) is 29.8 Å². The predicted octanol–water partition coefficient (Wildman–Crippen LogP) is 4.61. The number of benzene rings is 2. The second kappa shape index (κ2) is 8.22. The van der Waals surface area contributed by atoms with Gasteiger partial charge in [0.15, 0.2) is 0 Å². The Morgan fingerprint density at radius 3 is 2.72 bits per heavy atom. The fourth-order valence-electron chi connectivity index (χ4n) is 4.18. The van der Waals surface area contributed by atoms with Crippen molar-refractivity contribution in [3.8, 4) is 11.4 Å². The molecule has 0 spiro atoms. The summed E-state index contributed by atoms with van der Waals surface area (Å²) >= 11 is 0. The van der Waals surface area contributed by atoms with Crippen molar-refractivity contribution in [1.29, 1.82) is 0 Å². The molecule has 0 radical (unpaired) electrons. The van der Waals surface area contributed by atoms with Crippen LogP contribution in [0.2, 0.25) is 0 Å². The minimum atomic E-state index is -0.400. The number of carbonyl (C=O) groups is 2. The number of aryl methyl sites for hydroxylation is 2. The number of hydrogen-bond donors (Lipinski definition) is 1. The fourth-order valence-corrected chi connectivity index (χ4v) is 4.18. The fraction of sp³-hybridized carbons (Fsp3) is 0.360. The highest BCUT2D eigenvalue weighted by Gasteiger charge is 2.35. The standard InChI is InChI=1S/C25H26N4O3/c1-15-9-10-21(11-16(15)2)29-14-19(13-22(29)30)24(31)26-20-8-4-7-18(12-20)23-27-25(32-28-23)17-5-3-6-17/h4,7-12,17,19H,3,5-6,13-14H2,1-2H3,(H,26,31)/t19-/m1/s1. The SMILES string of the molecule is Cc1ccc(N2C[C@H](C(=O)Nc3cccc(-c4noc(C5CCC5)n4)c3)CC2=O)cc1C. The predicted molar refractivity (Wildman–Crippen MR) is 121 cm³/mol. The minimum absolute atomic E-state index is 0.0301. The maximum atomic E-state index is 12.9. The molecule has 2 amide bonds. The Bertz CT molecular complexity index is 1180. The van der Waals surface area contributed by atoms with E-state index in [1.807, 2.05) is 56.3 Å². The molecule has 7 nitrogen and oxygen atoms in total. The Hall–Kier alpha value is -3.48. The summed E-state index contributed by atoms with van der Waals surface area (Å²) < 4.78 is 5.42. The summed E-state index contributed by atoms with van der Waals surface area (Å²) in [5, 5.41) is 7.06. The summed E-state index contributed by atoms with van der Waals surface area (Å²) in [6, 6.07) is 13.4. The van der Waals surface area contributed by atoms with E-state index in [0.29, 0.717) is 29.9 Å². The topological polar surface area (TPSA) is 88.3 Å². The van der Waals surface area contributed by atoms with Gasteiger partial charge in [0, 0.05) is 35.8 Å². The van der Waals surface area contributed by atoms with Crippen LogP contribution in [0.1, 0.15) is 48.6 Å². The van der Waals surface area contributed by atoms with E-state index in [-0.39, 0.29) is 18.2 Å². The molecular weight excluding hydrogens is 404 g/mol. The lowest BCUT2D eigenvalue weighted by molar-refractivity contribution is -0.122. The Labute approximate surface area is 186 Å². The number of carbonyl (C=O) groups excluding carboxylic acids is 2. The average molecular weight is 431 g/mol. The van der Waals surface area contributed by atoms with Crippen LogP contribution >= 0.6 is 0 Å². The van der Waals surface area contributed by atoms with Gasteiger partial charge < -0.3 is 14.7 Å². The monoisotopic (exact) mass is 430 g/mol. The van der Waals surface area contributed by atoms with Crippen molar-refractivity contribution in [2.45, 2.75) is 45.4 Å². The van der Waals surface area contributed by atoms with Gasteiger partial charge >= 0.3 is 0 Å². The summed E-state index contributed by atoms with van der Waals surface area (Å²) in [5.74, 6) is 1.00. The van der Waals surface area contributed by atoms with Crippen LogP contribution in [0.4, 0.5) is 11.4 Å². The Morgan fingerprint density at radius 2 is 1.97 bits per heavy atom. The summed E-state index contributed by atoms with van der Waals surface area (Å²) in [5.41, 5.74) is 4.59. The van der Waals surface area contributed by atoms with Crippen LogP contribution in [-0.2, 0) is 9.59 Å². The van der Waals surface area contributed by atoms with Gasteiger partial charge in [0.1, 0.15) is 0 Å². The molecule has 1 aliphatic heterocycles. The third-order valence-corrected chi connectivity index (χ3v) is 6.58. The van der Waals surface area contributed by atoms with E-state index in [0.717, 1.165) is 29.7 Å². The molecule has 2 heterocycles. The molecule has 1 atom stereocenters. The zero-order valence-electron chi connectivity index (χ0n) is 18.3. The van der Waals surface area contributed by atoms with Crippen molar-refractivity contribution in [3.63, 3.8) is 0 Å². The van der Waals surface area contributed by atoms with Gasteiger partial charge in [0.2, 0.25) is 23.5 Å². The van der Waals surface area contributed by atoms with Crippen LogP contribution in [0.15, 0.2) is 47.0 Å². The summed E-state index contributed by atoms with van der Waals surface area (Å²) in [6.45, 7) is 4.44. The highest BCUT2D eigenvalue weighted by molar-refractivity contribution is 6.03. The van der Waals surface area contributed by atoms with E-state index >= 15 is 0 Å². The lowest BCUT2D eigenvalue weighted by Gasteiger charge is -2.20. The Kier molecular flexibility index (Phi) is 5.25. The van der Waals surface area contributed by atoms with Crippen molar-refractivity contribution in [1.82, 2.24) is 10.1 Å². The van der Waals surface area contributed by atoms with Gasteiger partial charge in [-0.3, -0.25) is 9.59 Å². The van der Waals surface area contributed by atoms with Crippen LogP contribution in [-0.4, -0.2) is 28.5 Å². The van der Waals surface area contributed by atoms with Crippen molar-refractivity contribution >= 4 is 23.2 Å². The zero-order valence-corrected chi connectivity index (χ0v) is 18.3. The van der Waals surface area contributed by atoms with Gasteiger partial charge in [0.25, 0.3) is 0 Å². The quantitative estimate of drug-likeness (QED) is 0.638. The van der Waals surface area contributed by atoms with Gasteiger partial charge in [-0.05, 0) is 62.1 Å². The summed E-state index contributed by atoms with van der Waals surface area (Å²) in [6.07, 6.45) is 3.59.